The summed E-state index contributed by atoms with van der Waals surface area (Å²) in [7, 11) is 0. The average molecular weight is 327 g/mol. The van der Waals surface area contributed by atoms with Crippen molar-refractivity contribution in [3.63, 3.8) is 0 Å². The van der Waals surface area contributed by atoms with Crippen molar-refractivity contribution in [3.8, 4) is 0 Å². The quantitative estimate of drug-likeness (QED) is 0.221. The predicted octanol–water partition coefficient (Wildman–Crippen LogP) is -2.67. The fourth-order valence-electron chi connectivity index (χ4n) is 0. The van der Waals surface area contributed by atoms with Crippen molar-refractivity contribution in [2.75, 3.05) is 0 Å². The molecule has 8 nitrogen and oxygen atoms in total. The molecule has 9 heavy (non-hydrogen) atoms. The summed E-state index contributed by atoms with van der Waals surface area (Å²) in [6, 6.07) is 0. The van der Waals surface area contributed by atoms with Crippen molar-refractivity contribution in [2.24, 2.45) is 23.6 Å². The Hall–Kier alpha value is 0.368. The van der Waals surface area contributed by atoms with E-state index in [0.29, 0.717) is 0 Å². The number of rotatable bonds is 0. The van der Waals surface area contributed by atoms with Crippen molar-refractivity contribution >= 4 is 0 Å². The van der Waals surface area contributed by atoms with Crippen molar-refractivity contribution < 1.29 is 41.9 Å². The van der Waals surface area contributed by atoms with E-state index in [9.17, 15) is 0 Å². The number of nitrogens with two attached hydrogens (primary N) is 4. The van der Waals surface area contributed by atoms with E-state index < -0.39 is 0 Å². The molecule has 9 heteroatoms. The Kier molecular flexibility index (Phi) is 12800. The second-order valence-electron chi connectivity index (χ2n) is 0. The molecule has 0 heterocycles. The summed E-state index contributed by atoms with van der Waals surface area (Å²) >= 11 is 0. The SMILES string of the molecule is NO.NO.NO.NO.[Pt]. The molecular weight excluding hydrogens is 315 g/mol. The summed E-state index contributed by atoms with van der Waals surface area (Å²) in [5.74, 6) is 14.0. The average Bonchev–Trinajstić information content (AvgIpc) is 2.03. The molecule has 0 saturated carbocycles. The van der Waals surface area contributed by atoms with Crippen LogP contribution in [0.25, 0.3) is 0 Å². The fourth-order valence-corrected chi connectivity index (χ4v) is 0. The van der Waals surface area contributed by atoms with Crippen LogP contribution in [-0.4, -0.2) is 20.8 Å². The summed E-state index contributed by atoms with van der Waals surface area (Å²) in [4.78, 5) is 0. The Morgan fingerprint density at radius 2 is 0.444 bits per heavy atom. The number of hydrogen-bond acceptors (Lipinski definition) is 8. The van der Waals surface area contributed by atoms with Gasteiger partial charge in [0, 0.05) is 21.1 Å². The van der Waals surface area contributed by atoms with Crippen LogP contribution in [0.2, 0.25) is 0 Å². The minimum Gasteiger partial charge on any atom is -0.320 e. The third-order valence-electron chi connectivity index (χ3n) is 0. The van der Waals surface area contributed by atoms with Gasteiger partial charge in [-0.25, -0.2) is 23.6 Å². The van der Waals surface area contributed by atoms with Gasteiger partial charge in [-0.3, -0.25) is 0 Å². The van der Waals surface area contributed by atoms with Crippen LogP contribution in [0, 0.1) is 0 Å². The molecule has 0 radical (unpaired) electrons. The first kappa shape index (κ1) is 34.4. The maximum Gasteiger partial charge on any atom is 0 e. The number of hydrogen-bond donors (Lipinski definition) is 8. The molecule has 0 aliphatic heterocycles. The van der Waals surface area contributed by atoms with E-state index in [1.54, 1.807) is 0 Å². The van der Waals surface area contributed by atoms with Gasteiger partial charge in [0.2, 0.25) is 0 Å². The van der Waals surface area contributed by atoms with Crippen molar-refractivity contribution in [3.05, 3.63) is 0 Å². The third kappa shape index (κ3) is 2500. The van der Waals surface area contributed by atoms with E-state index in [1.807, 2.05) is 0 Å². The molecule has 0 rings (SSSR count). The second kappa shape index (κ2) is 3350. The Morgan fingerprint density at radius 1 is 0.444 bits per heavy atom. The normalized spacial score (nSPS) is 2.67. The summed E-state index contributed by atoms with van der Waals surface area (Å²) < 4.78 is 0. The van der Waals surface area contributed by atoms with Crippen LogP contribution < -0.4 is 23.6 Å². The maximum absolute atomic E-state index is 6.50. The van der Waals surface area contributed by atoms with E-state index in [2.05, 4.69) is 23.6 Å². The van der Waals surface area contributed by atoms with E-state index in [-0.39, 0.29) is 21.1 Å². The van der Waals surface area contributed by atoms with Gasteiger partial charge in [0.15, 0.2) is 0 Å². The van der Waals surface area contributed by atoms with Crippen molar-refractivity contribution in [1.29, 1.82) is 0 Å². The minimum absolute atomic E-state index is 0. The van der Waals surface area contributed by atoms with Crippen LogP contribution in [0.3, 0.4) is 0 Å². The molecule has 0 atom stereocenters. The standard InChI is InChI=1S/4H3NO.Pt/c4*1-2;/h4*2H,1H2;. The van der Waals surface area contributed by atoms with Crippen molar-refractivity contribution in [1.82, 2.24) is 0 Å². The van der Waals surface area contributed by atoms with Crippen molar-refractivity contribution in [2.45, 2.75) is 0 Å². The summed E-state index contributed by atoms with van der Waals surface area (Å²) in [6.45, 7) is 0. The van der Waals surface area contributed by atoms with Crippen LogP contribution in [0.4, 0.5) is 0 Å². The summed E-state index contributed by atoms with van der Waals surface area (Å²) in [5.41, 5.74) is 0. The van der Waals surface area contributed by atoms with Gasteiger partial charge in [-0.05, 0) is 0 Å². The molecular formula is H12N4O4Pt. The molecule has 0 bridgehead atoms. The van der Waals surface area contributed by atoms with E-state index in [0.717, 1.165) is 0 Å². The maximum atomic E-state index is 6.50. The molecule has 0 spiro atoms. The smallest absolute Gasteiger partial charge is 0 e. The van der Waals surface area contributed by atoms with Gasteiger partial charge in [0.1, 0.15) is 0 Å². The Morgan fingerprint density at radius 3 is 0.444 bits per heavy atom. The van der Waals surface area contributed by atoms with E-state index in [1.165, 1.54) is 0 Å². The molecule has 0 aliphatic carbocycles. The zero-order valence-electron chi connectivity index (χ0n) is 4.41. The Balaban J connectivity index is -0.00000000762. The molecule has 66 valence electrons. The molecule has 0 aromatic heterocycles. The van der Waals surface area contributed by atoms with Crippen LogP contribution in [0.15, 0.2) is 0 Å². The second-order valence-corrected chi connectivity index (χ2v) is 0. The topological polar surface area (TPSA) is 185 Å². The van der Waals surface area contributed by atoms with Crippen LogP contribution >= 0.6 is 0 Å². The fraction of sp³-hybridized carbons (Fsp3) is 0. The molecule has 0 fully saturated rings. The third-order valence-corrected chi connectivity index (χ3v) is 0. The Bertz CT molecular complexity index is 12.5. The molecule has 0 aromatic rings. The molecule has 12 N–H and O–H groups in total. The largest absolute Gasteiger partial charge is 0.320 e. The monoisotopic (exact) mass is 327 g/mol. The van der Waals surface area contributed by atoms with Gasteiger partial charge < -0.3 is 20.8 Å². The zero-order chi connectivity index (χ0) is 8.00. The van der Waals surface area contributed by atoms with Crippen LogP contribution in [0.1, 0.15) is 0 Å². The Labute approximate surface area is 66.1 Å². The first-order chi connectivity index (χ1) is 4.00. The van der Waals surface area contributed by atoms with Gasteiger partial charge in [0.25, 0.3) is 0 Å². The molecule has 0 unspecified atom stereocenters. The van der Waals surface area contributed by atoms with Gasteiger partial charge in [-0.1, -0.05) is 0 Å². The van der Waals surface area contributed by atoms with Gasteiger partial charge in [-0.2, -0.15) is 0 Å². The molecule has 0 amide bonds. The first-order valence-corrected chi connectivity index (χ1v) is 1.03. The van der Waals surface area contributed by atoms with E-state index in [4.69, 9.17) is 20.8 Å². The van der Waals surface area contributed by atoms with Gasteiger partial charge >= 0.3 is 0 Å². The summed E-state index contributed by atoms with van der Waals surface area (Å²) in [6.07, 6.45) is 0. The van der Waals surface area contributed by atoms with E-state index >= 15 is 0 Å². The van der Waals surface area contributed by atoms with Crippen LogP contribution in [0.5, 0.6) is 0 Å². The van der Waals surface area contributed by atoms with Crippen LogP contribution in [-0.2, 0) is 21.1 Å². The zero-order valence-corrected chi connectivity index (χ0v) is 6.69. The molecule has 0 saturated heterocycles. The predicted molar refractivity (Wildman–Crippen MR) is 23.9 cm³/mol. The molecule has 0 aliphatic rings. The molecule has 0 aromatic carbocycles. The minimum atomic E-state index is 0. The first-order valence-electron chi connectivity index (χ1n) is 1.03. The summed E-state index contributed by atoms with van der Waals surface area (Å²) in [5, 5.41) is 26.0. The van der Waals surface area contributed by atoms with Gasteiger partial charge in [-0.15, -0.1) is 0 Å². The van der Waals surface area contributed by atoms with Gasteiger partial charge in [0.05, 0.1) is 0 Å².